The van der Waals surface area contributed by atoms with Crippen LogP contribution in [-0.4, -0.2) is 30.0 Å². The van der Waals surface area contributed by atoms with Crippen LogP contribution in [0.15, 0.2) is 24.3 Å². The van der Waals surface area contributed by atoms with Gasteiger partial charge in [-0.1, -0.05) is 13.8 Å². The van der Waals surface area contributed by atoms with Crippen LogP contribution in [-0.2, 0) is 4.79 Å². The molecule has 0 radical (unpaired) electrons. The largest absolute Gasteiger partial charge is 0.484 e. The Balaban J connectivity index is 1.89. The first-order chi connectivity index (χ1) is 9.08. The monoisotopic (exact) mass is 262 g/mol. The minimum Gasteiger partial charge on any atom is -0.484 e. The second-order valence-electron chi connectivity index (χ2n) is 5.40. The van der Waals surface area contributed by atoms with Crippen molar-refractivity contribution in [3.05, 3.63) is 24.3 Å². The van der Waals surface area contributed by atoms with Gasteiger partial charge in [0.25, 0.3) is 5.91 Å². The van der Waals surface area contributed by atoms with E-state index in [1.54, 1.807) is 24.3 Å². The van der Waals surface area contributed by atoms with Gasteiger partial charge in [-0.25, -0.2) is 0 Å². The molecular weight excluding hydrogens is 240 g/mol. The number of ether oxygens (including phenoxy) is 1. The maximum absolute atomic E-state index is 12.2. The normalized spacial score (nSPS) is 18.9. The van der Waals surface area contributed by atoms with Gasteiger partial charge in [-0.15, -0.1) is 0 Å². The lowest BCUT2D eigenvalue weighted by molar-refractivity contribution is -0.134. The number of hydrogen-bond donors (Lipinski definition) is 1. The molecule has 0 spiro atoms. The smallest absolute Gasteiger partial charge is 0.260 e. The molecule has 4 nitrogen and oxygen atoms in total. The predicted octanol–water partition coefficient (Wildman–Crippen LogP) is 2.29. The fraction of sp³-hybridized carbons (Fsp3) is 0.533. The first-order valence-electron chi connectivity index (χ1n) is 6.85. The highest BCUT2D eigenvalue weighted by Gasteiger charge is 2.30. The number of carbonyl (C=O) groups excluding carboxylic acids is 1. The Hall–Kier alpha value is -1.71. The Morgan fingerprint density at radius 2 is 2.11 bits per heavy atom. The van der Waals surface area contributed by atoms with Crippen LogP contribution >= 0.6 is 0 Å². The van der Waals surface area contributed by atoms with Gasteiger partial charge in [-0.2, -0.15) is 0 Å². The first kappa shape index (κ1) is 13.7. The van der Waals surface area contributed by atoms with E-state index in [0.717, 1.165) is 19.4 Å². The van der Waals surface area contributed by atoms with E-state index < -0.39 is 0 Å². The van der Waals surface area contributed by atoms with E-state index in [0.29, 0.717) is 23.4 Å². The Labute approximate surface area is 114 Å². The quantitative estimate of drug-likeness (QED) is 0.847. The van der Waals surface area contributed by atoms with Crippen molar-refractivity contribution < 1.29 is 9.53 Å². The molecule has 0 bridgehead atoms. The third-order valence-electron chi connectivity index (χ3n) is 3.63. The minimum absolute atomic E-state index is 0.0769. The van der Waals surface area contributed by atoms with Crippen molar-refractivity contribution in [1.82, 2.24) is 4.90 Å². The summed E-state index contributed by atoms with van der Waals surface area (Å²) in [6.45, 7) is 5.29. The van der Waals surface area contributed by atoms with Crippen molar-refractivity contribution in [3.8, 4) is 5.75 Å². The molecule has 1 aliphatic heterocycles. The summed E-state index contributed by atoms with van der Waals surface area (Å²) in [6, 6.07) is 7.47. The number of nitrogens with zero attached hydrogens (tertiary/aromatic N) is 1. The number of likely N-dealkylation sites (tertiary alicyclic amines) is 1. The van der Waals surface area contributed by atoms with Crippen LogP contribution in [0.2, 0.25) is 0 Å². The molecule has 1 fully saturated rings. The molecule has 0 aromatic heterocycles. The number of benzene rings is 1. The highest BCUT2D eigenvalue weighted by Crippen LogP contribution is 2.24. The van der Waals surface area contributed by atoms with Gasteiger partial charge in [0.05, 0.1) is 0 Å². The van der Waals surface area contributed by atoms with Crippen molar-refractivity contribution in [3.63, 3.8) is 0 Å². The number of nitrogen functional groups attached to an aromatic ring is 1. The van der Waals surface area contributed by atoms with Crippen molar-refractivity contribution in [1.29, 1.82) is 0 Å². The predicted molar refractivity (Wildman–Crippen MR) is 75.9 cm³/mol. The molecule has 1 heterocycles. The first-order valence-corrected chi connectivity index (χ1v) is 6.85. The van der Waals surface area contributed by atoms with Crippen molar-refractivity contribution in [2.75, 3.05) is 18.9 Å². The topological polar surface area (TPSA) is 55.6 Å². The molecule has 1 aromatic carbocycles. The summed E-state index contributed by atoms with van der Waals surface area (Å²) in [6.07, 6.45) is 2.20. The van der Waals surface area contributed by atoms with E-state index in [2.05, 4.69) is 13.8 Å². The number of rotatable bonds is 4. The zero-order valence-corrected chi connectivity index (χ0v) is 11.6. The number of nitrogens with two attached hydrogens (primary N) is 1. The Bertz CT molecular complexity index is 428. The molecule has 104 valence electrons. The molecule has 1 saturated heterocycles. The number of hydrogen-bond acceptors (Lipinski definition) is 3. The van der Waals surface area contributed by atoms with Crippen LogP contribution in [0.3, 0.4) is 0 Å². The van der Waals surface area contributed by atoms with E-state index >= 15 is 0 Å². The number of anilines is 1. The van der Waals surface area contributed by atoms with Gasteiger partial charge in [0.15, 0.2) is 6.61 Å². The molecule has 4 heteroatoms. The molecule has 0 saturated carbocycles. The molecule has 1 aliphatic rings. The zero-order valence-electron chi connectivity index (χ0n) is 11.6. The van der Waals surface area contributed by atoms with E-state index in [1.807, 2.05) is 4.90 Å². The summed E-state index contributed by atoms with van der Waals surface area (Å²) >= 11 is 0. The lowest BCUT2D eigenvalue weighted by atomic mass is 10.0. The van der Waals surface area contributed by atoms with Crippen LogP contribution in [0, 0.1) is 5.92 Å². The van der Waals surface area contributed by atoms with Crippen LogP contribution in [0.5, 0.6) is 5.75 Å². The summed E-state index contributed by atoms with van der Waals surface area (Å²) < 4.78 is 5.52. The maximum atomic E-state index is 12.2. The molecule has 1 amide bonds. The Morgan fingerprint density at radius 1 is 1.42 bits per heavy atom. The van der Waals surface area contributed by atoms with Gasteiger partial charge in [0.2, 0.25) is 0 Å². The fourth-order valence-corrected chi connectivity index (χ4v) is 2.59. The van der Waals surface area contributed by atoms with Crippen molar-refractivity contribution in [2.24, 2.45) is 5.92 Å². The maximum Gasteiger partial charge on any atom is 0.260 e. The average Bonchev–Trinajstić information content (AvgIpc) is 2.87. The van der Waals surface area contributed by atoms with E-state index in [4.69, 9.17) is 10.5 Å². The minimum atomic E-state index is 0.0769. The number of amides is 1. The van der Waals surface area contributed by atoms with Crippen LogP contribution in [0.1, 0.15) is 26.7 Å². The molecule has 2 rings (SSSR count). The zero-order chi connectivity index (χ0) is 13.8. The summed E-state index contributed by atoms with van der Waals surface area (Å²) in [5.41, 5.74) is 6.30. The fourth-order valence-electron chi connectivity index (χ4n) is 2.59. The van der Waals surface area contributed by atoms with Crippen molar-refractivity contribution >= 4 is 11.6 Å². The highest BCUT2D eigenvalue weighted by atomic mass is 16.5. The lowest BCUT2D eigenvalue weighted by Crippen LogP contribution is -2.41. The third kappa shape index (κ3) is 3.40. The van der Waals surface area contributed by atoms with Crippen LogP contribution in [0.4, 0.5) is 5.69 Å². The summed E-state index contributed by atoms with van der Waals surface area (Å²) in [5.74, 6) is 1.26. The van der Waals surface area contributed by atoms with E-state index in [1.165, 1.54) is 0 Å². The van der Waals surface area contributed by atoms with E-state index in [-0.39, 0.29) is 12.5 Å². The van der Waals surface area contributed by atoms with E-state index in [9.17, 15) is 4.79 Å². The van der Waals surface area contributed by atoms with Gasteiger partial charge in [0, 0.05) is 18.3 Å². The second-order valence-corrected chi connectivity index (χ2v) is 5.40. The summed E-state index contributed by atoms with van der Waals surface area (Å²) in [7, 11) is 0. The third-order valence-corrected chi connectivity index (χ3v) is 3.63. The summed E-state index contributed by atoms with van der Waals surface area (Å²) in [5, 5.41) is 0. The van der Waals surface area contributed by atoms with Gasteiger partial charge in [-0.05, 0) is 43.0 Å². The van der Waals surface area contributed by atoms with Gasteiger partial charge >= 0.3 is 0 Å². The second kappa shape index (κ2) is 5.95. The Morgan fingerprint density at radius 3 is 2.74 bits per heavy atom. The molecule has 1 atom stereocenters. The number of carbonyl (C=O) groups is 1. The molecular formula is C15H22N2O2. The van der Waals surface area contributed by atoms with Crippen molar-refractivity contribution in [2.45, 2.75) is 32.7 Å². The average molecular weight is 262 g/mol. The van der Waals surface area contributed by atoms with Gasteiger partial charge in [0.1, 0.15) is 5.75 Å². The Kier molecular flexibility index (Phi) is 4.30. The van der Waals surface area contributed by atoms with Crippen LogP contribution in [0.25, 0.3) is 0 Å². The van der Waals surface area contributed by atoms with Crippen LogP contribution < -0.4 is 10.5 Å². The lowest BCUT2D eigenvalue weighted by Gasteiger charge is -2.27. The van der Waals surface area contributed by atoms with Gasteiger partial charge in [-0.3, -0.25) is 4.79 Å². The highest BCUT2D eigenvalue weighted by molar-refractivity contribution is 5.78. The molecule has 2 N–H and O–H groups in total. The molecule has 1 aromatic rings. The standard InChI is InChI=1S/C15H22N2O2/c1-11(2)14-4-3-9-17(14)15(18)10-19-13-7-5-12(16)6-8-13/h5-8,11,14H,3-4,9-10,16H2,1-2H3. The van der Waals surface area contributed by atoms with Gasteiger partial charge < -0.3 is 15.4 Å². The molecule has 0 aliphatic carbocycles. The SMILES string of the molecule is CC(C)C1CCCN1C(=O)COc1ccc(N)cc1. The summed E-state index contributed by atoms with van der Waals surface area (Å²) in [4.78, 5) is 14.1. The molecule has 19 heavy (non-hydrogen) atoms. The molecule has 1 unspecified atom stereocenters.